The summed E-state index contributed by atoms with van der Waals surface area (Å²) in [5.74, 6) is 0.310. The molecule has 3 rings (SSSR count). The molecule has 0 bridgehead atoms. The monoisotopic (exact) mass is 389 g/mol. The van der Waals surface area contributed by atoms with Crippen LogP contribution in [0.4, 0.5) is 0 Å². The number of aromatic nitrogens is 2. The Morgan fingerprint density at radius 2 is 1.89 bits per heavy atom. The van der Waals surface area contributed by atoms with Crippen LogP contribution in [-0.4, -0.2) is 27.1 Å². The zero-order valence-corrected chi connectivity index (χ0v) is 18.0. The molecule has 3 aromatic rings. The van der Waals surface area contributed by atoms with Crippen molar-refractivity contribution in [2.75, 3.05) is 0 Å². The Bertz CT molecular complexity index is 960. The molecule has 7 nitrogen and oxygen atoms in total. The minimum absolute atomic E-state index is 0. The van der Waals surface area contributed by atoms with E-state index in [2.05, 4.69) is 10.3 Å². The number of para-hydroxylation sites is 1. The molecule has 0 saturated carbocycles. The zero-order chi connectivity index (χ0) is 19.2. The molecule has 0 radical (unpaired) electrons. The number of carbonyl (C=O) groups is 1. The van der Waals surface area contributed by atoms with Gasteiger partial charge >= 0.3 is 35.5 Å². The molecule has 0 fully saturated rings. The van der Waals surface area contributed by atoms with Gasteiger partial charge in [0, 0.05) is 7.05 Å². The van der Waals surface area contributed by atoms with Gasteiger partial charge in [-0.3, -0.25) is 0 Å². The summed E-state index contributed by atoms with van der Waals surface area (Å²) in [6.45, 7) is 2.09. The number of oxime groups is 1. The van der Waals surface area contributed by atoms with Crippen molar-refractivity contribution >= 4 is 12.2 Å². The molecule has 0 amide bonds. The summed E-state index contributed by atoms with van der Waals surface area (Å²) in [6, 6.07) is 15.9. The van der Waals surface area contributed by atoms with E-state index in [0.717, 1.165) is 16.8 Å². The maximum absolute atomic E-state index is 10.9. The molecule has 8 heteroatoms. The van der Waals surface area contributed by atoms with Crippen molar-refractivity contribution in [3.05, 3.63) is 77.0 Å². The number of aromatic carboxylic acids is 1. The van der Waals surface area contributed by atoms with Crippen molar-refractivity contribution in [1.29, 1.82) is 0 Å². The smallest absolute Gasteiger partial charge is 1.00 e. The standard InChI is InChI=1S/C20H19N3O4.Na.H/c1-14-18(19(23(2)22-14)27-17-6-4-3-5-7-17)12-21-26-13-15-8-10-16(11-9-15)20(24)25;;/h3-12H,13H2,1-2H3,(H,24,25);;/q;+1;-1. The maximum Gasteiger partial charge on any atom is 1.00 e. The van der Waals surface area contributed by atoms with Crippen LogP contribution in [-0.2, 0) is 18.5 Å². The normalized spacial score (nSPS) is 10.5. The molecule has 2 aromatic carbocycles. The summed E-state index contributed by atoms with van der Waals surface area (Å²) in [4.78, 5) is 16.2. The van der Waals surface area contributed by atoms with E-state index >= 15 is 0 Å². The summed E-state index contributed by atoms with van der Waals surface area (Å²) in [6.07, 6.45) is 1.56. The molecule has 0 aliphatic carbocycles. The number of rotatable bonds is 7. The summed E-state index contributed by atoms with van der Waals surface area (Å²) in [5, 5.41) is 17.3. The molecule has 28 heavy (non-hydrogen) atoms. The van der Waals surface area contributed by atoms with Crippen molar-refractivity contribution in [3.8, 4) is 11.6 Å². The zero-order valence-electron chi connectivity index (χ0n) is 17.0. The van der Waals surface area contributed by atoms with Crippen molar-refractivity contribution < 1.29 is 50.5 Å². The van der Waals surface area contributed by atoms with E-state index in [1.54, 1.807) is 30.1 Å². The minimum Gasteiger partial charge on any atom is -1.00 e. The van der Waals surface area contributed by atoms with Gasteiger partial charge in [-0.25, -0.2) is 9.48 Å². The maximum atomic E-state index is 10.9. The first-order chi connectivity index (χ1) is 13.0. The number of hydrogen-bond donors (Lipinski definition) is 1. The molecule has 140 valence electrons. The van der Waals surface area contributed by atoms with E-state index in [-0.39, 0.29) is 43.2 Å². The molecule has 0 saturated heterocycles. The van der Waals surface area contributed by atoms with Gasteiger partial charge in [0.05, 0.1) is 23.0 Å². The van der Waals surface area contributed by atoms with Gasteiger partial charge in [0.1, 0.15) is 12.4 Å². The predicted octanol–water partition coefficient (Wildman–Crippen LogP) is 0.886. The molecule has 1 heterocycles. The Labute approximate surface area is 186 Å². The van der Waals surface area contributed by atoms with Crippen molar-refractivity contribution in [2.45, 2.75) is 13.5 Å². The predicted molar refractivity (Wildman–Crippen MR) is 101 cm³/mol. The van der Waals surface area contributed by atoms with Gasteiger partial charge in [-0.2, -0.15) is 5.10 Å². The molecule has 0 atom stereocenters. The van der Waals surface area contributed by atoms with E-state index in [4.69, 9.17) is 14.7 Å². The first-order valence-corrected chi connectivity index (χ1v) is 8.28. The molecule has 1 aromatic heterocycles. The Hall–Kier alpha value is -2.61. The number of carboxylic acids is 1. The topological polar surface area (TPSA) is 85.9 Å². The van der Waals surface area contributed by atoms with Crippen molar-refractivity contribution in [1.82, 2.24) is 9.78 Å². The molecule has 0 aliphatic rings. The third-order valence-corrected chi connectivity index (χ3v) is 3.86. The van der Waals surface area contributed by atoms with Crippen LogP contribution in [0.15, 0.2) is 59.8 Å². The second kappa shape index (κ2) is 10.1. The van der Waals surface area contributed by atoms with E-state index < -0.39 is 5.97 Å². The first-order valence-electron chi connectivity index (χ1n) is 8.28. The molecule has 0 unspecified atom stereocenters. The third kappa shape index (κ3) is 5.45. The minimum atomic E-state index is -0.960. The molecular formula is C20H20N3NaO4. The SMILES string of the molecule is Cc1nn(C)c(Oc2ccccc2)c1C=NOCc1ccc(C(=O)O)cc1.[H-].[Na+]. The summed E-state index contributed by atoms with van der Waals surface area (Å²) in [7, 11) is 1.80. The van der Waals surface area contributed by atoms with Crippen LogP contribution >= 0.6 is 0 Å². The van der Waals surface area contributed by atoms with E-state index in [1.165, 1.54) is 12.1 Å². The number of nitrogens with zero attached hydrogens (tertiary/aromatic N) is 3. The first kappa shape index (κ1) is 21.7. The number of hydrogen-bond acceptors (Lipinski definition) is 5. The average molecular weight is 389 g/mol. The van der Waals surface area contributed by atoms with Gasteiger partial charge in [0.2, 0.25) is 5.88 Å². The second-order valence-corrected chi connectivity index (χ2v) is 5.85. The fourth-order valence-electron chi connectivity index (χ4n) is 2.47. The molecular weight excluding hydrogens is 369 g/mol. The molecule has 0 spiro atoms. The van der Waals surface area contributed by atoms with Gasteiger partial charge in [0.15, 0.2) is 0 Å². The number of benzene rings is 2. The van der Waals surface area contributed by atoms with Gasteiger partial charge in [-0.1, -0.05) is 35.5 Å². The largest absolute Gasteiger partial charge is 1.00 e. The summed E-state index contributed by atoms with van der Waals surface area (Å²) in [5.41, 5.74) is 2.54. The molecule has 1 N–H and O–H groups in total. The number of ether oxygens (including phenoxy) is 1. The summed E-state index contributed by atoms with van der Waals surface area (Å²) < 4.78 is 7.56. The van der Waals surface area contributed by atoms with Crippen LogP contribution < -0.4 is 34.3 Å². The van der Waals surface area contributed by atoms with Crippen LogP contribution in [0.5, 0.6) is 11.6 Å². The van der Waals surface area contributed by atoms with Crippen LogP contribution in [0.3, 0.4) is 0 Å². The Kier molecular flexibility index (Phi) is 7.80. The van der Waals surface area contributed by atoms with Gasteiger partial charge < -0.3 is 16.1 Å². The van der Waals surface area contributed by atoms with E-state index in [1.807, 2.05) is 37.3 Å². The number of carboxylic acid groups (broad SMARTS) is 1. The molecule has 0 aliphatic heterocycles. The van der Waals surface area contributed by atoms with Crippen LogP contribution in [0, 0.1) is 6.92 Å². The van der Waals surface area contributed by atoms with E-state index in [9.17, 15) is 4.79 Å². The Balaban J connectivity index is 0.00000210. The van der Waals surface area contributed by atoms with Gasteiger partial charge in [0.25, 0.3) is 0 Å². The summed E-state index contributed by atoms with van der Waals surface area (Å²) >= 11 is 0. The third-order valence-electron chi connectivity index (χ3n) is 3.86. The average Bonchev–Trinajstić information content (AvgIpc) is 2.93. The van der Waals surface area contributed by atoms with Crippen molar-refractivity contribution in [2.24, 2.45) is 12.2 Å². The van der Waals surface area contributed by atoms with E-state index in [0.29, 0.717) is 11.6 Å². The van der Waals surface area contributed by atoms with Crippen LogP contribution in [0.2, 0.25) is 0 Å². The fraction of sp³-hybridized carbons (Fsp3) is 0.150. The van der Waals surface area contributed by atoms with Gasteiger partial charge in [-0.15, -0.1) is 0 Å². The quantitative estimate of drug-likeness (QED) is 0.368. The Morgan fingerprint density at radius 1 is 1.21 bits per heavy atom. The Morgan fingerprint density at radius 3 is 2.54 bits per heavy atom. The van der Waals surface area contributed by atoms with Gasteiger partial charge in [-0.05, 0) is 36.8 Å². The van der Waals surface area contributed by atoms with Crippen LogP contribution in [0.1, 0.15) is 28.6 Å². The second-order valence-electron chi connectivity index (χ2n) is 5.85. The fourth-order valence-corrected chi connectivity index (χ4v) is 2.47. The van der Waals surface area contributed by atoms with Crippen molar-refractivity contribution in [3.63, 3.8) is 0 Å². The number of aryl methyl sites for hydroxylation is 2. The van der Waals surface area contributed by atoms with Crippen LogP contribution in [0.25, 0.3) is 0 Å².